The number of aryl methyl sites for hydroxylation is 3. The largest absolute Gasteiger partial charge is 0.344 e. The molecule has 0 radical (unpaired) electrons. The molecule has 134 valence electrons. The molecular formula is C22H24BrN3. The number of fused-ring (bicyclic) bond motifs is 6. The van der Waals surface area contributed by atoms with Crippen molar-refractivity contribution >= 4 is 26.8 Å². The minimum absolute atomic E-state index is 0.586. The number of aromatic nitrogens is 2. The molecule has 0 N–H and O–H groups in total. The second-order valence-electron chi connectivity index (χ2n) is 7.85. The molecular weight excluding hydrogens is 386 g/mol. The fourth-order valence-electron chi connectivity index (χ4n) is 4.97. The van der Waals surface area contributed by atoms with Crippen molar-refractivity contribution in [2.75, 3.05) is 7.05 Å². The van der Waals surface area contributed by atoms with Gasteiger partial charge in [-0.3, -0.25) is 9.88 Å². The molecule has 0 amide bonds. The van der Waals surface area contributed by atoms with E-state index in [2.05, 4.69) is 67.8 Å². The summed E-state index contributed by atoms with van der Waals surface area (Å²) in [6, 6.07) is 12.4. The molecule has 2 aliphatic heterocycles. The number of hydrogen-bond acceptors (Lipinski definition) is 2. The summed E-state index contributed by atoms with van der Waals surface area (Å²) >= 11 is 3.69. The summed E-state index contributed by atoms with van der Waals surface area (Å²) in [6.07, 6.45) is 6.86. The molecule has 2 bridgehead atoms. The Bertz CT molecular complexity index is 973. The van der Waals surface area contributed by atoms with Crippen molar-refractivity contribution in [2.45, 2.75) is 51.2 Å². The molecule has 1 fully saturated rings. The maximum absolute atomic E-state index is 4.46. The highest BCUT2D eigenvalue weighted by Crippen LogP contribution is 2.47. The van der Waals surface area contributed by atoms with E-state index in [1.54, 1.807) is 11.3 Å². The third kappa shape index (κ3) is 2.54. The third-order valence-electron chi connectivity index (χ3n) is 6.38. The summed E-state index contributed by atoms with van der Waals surface area (Å²) in [5.74, 6) is 0. The molecule has 4 heteroatoms. The molecule has 5 rings (SSSR count). The van der Waals surface area contributed by atoms with E-state index in [-0.39, 0.29) is 0 Å². The van der Waals surface area contributed by atoms with Gasteiger partial charge in [-0.2, -0.15) is 0 Å². The zero-order valence-electron chi connectivity index (χ0n) is 15.4. The summed E-state index contributed by atoms with van der Waals surface area (Å²) in [5, 5.41) is 1.44. The molecule has 4 heterocycles. The molecule has 2 aliphatic rings. The number of rotatable bonds is 3. The highest BCUT2D eigenvalue weighted by molar-refractivity contribution is 9.10. The van der Waals surface area contributed by atoms with Gasteiger partial charge in [-0.15, -0.1) is 0 Å². The molecule has 3 aromatic rings. The van der Waals surface area contributed by atoms with Crippen LogP contribution in [0.25, 0.3) is 10.9 Å². The number of hydrogen-bond donors (Lipinski definition) is 0. The Morgan fingerprint density at radius 3 is 2.88 bits per heavy atom. The summed E-state index contributed by atoms with van der Waals surface area (Å²) in [4.78, 5) is 7.07. The lowest BCUT2D eigenvalue weighted by molar-refractivity contribution is 0.222. The first-order valence-electron chi connectivity index (χ1n) is 9.56. The third-order valence-corrected chi connectivity index (χ3v) is 6.87. The molecule has 0 spiro atoms. The van der Waals surface area contributed by atoms with E-state index >= 15 is 0 Å². The first-order chi connectivity index (χ1) is 12.6. The van der Waals surface area contributed by atoms with Crippen molar-refractivity contribution in [3.05, 3.63) is 63.5 Å². The highest BCUT2D eigenvalue weighted by atomic mass is 79.9. The Kier molecular flexibility index (Phi) is 3.94. The Morgan fingerprint density at radius 1 is 1.19 bits per heavy atom. The molecule has 2 atom stereocenters. The summed E-state index contributed by atoms with van der Waals surface area (Å²) in [6.45, 7) is 3.07. The van der Waals surface area contributed by atoms with Crippen LogP contribution in [-0.2, 0) is 19.4 Å². The van der Waals surface area contributed by atoms with Crippen molar-refractivity contribution in [3.63, 3.8) is 0 Å². The van der Waals surface area contributed by atoms with E-state index in [0.717, 1.165) is 18.7 Å². The van der Waals surface area contributed by atoms with Crippen LogP contribution in [-0.4, -0.2) is 27.5 Å². The van der Waals surface area contributed by atoms with Crippen LogP contribution in [0.15, 0.2) is 41.0 Å². The molecule has 1 aromatic carbocycles. The quantitative estimate of drug-likeness (QED) is 0.603. The van der Waals surface area contributed by atoms with Crippen molar-refractivity contribution in [2.24, 2.45) is 0 Å². The lowest BCUT2D eigenvalue weighted by Crippen LogP contribution is -2.34. The van der Waals surface area contributed by atoms with E-state index < -0.39 is 0 Å². The number of nitrogens with zero attached hydrogens (tertiary/aromatic N) is 3. The van der Waals surface area contributed by atoms with Gasteiger partial charge in [-0.25, -0.2) is 0 Å². The zero-order chi connectivity index (χ0) is 17.8. The molecule has 3 nitrogen and oxygen atoms in total. The van der Waals surface area contributed by atoms with Gasteiger partial charge in [-0.1, -0.05) is 22.0 Å². The summed E-state index contributed by atoms with van der Waals surface area (Å²) in [5.41, 5.74) is 6.95. The molecule has 0 saturated carbocycles. The maximum Gasteiger partial charge on any atom is 0.0486 e. The van der Waals surface area contributed by atoms with Crippen LogP contribution in [0.4, 0.5) is 0 Å². The van der Waals surface area contributed by atoms with Crippen molar-refractivity contribution in [3.8, 4) is 0 Å². The number of pyridine rings is 1. The predicted molar refractivity (Wildman–Crippen MR) is 110 cm³/mol. The molecule has 0 aliphatic carbocycles. The van der Waals surface area contributed by atoms with Crippen LogP contribution < -0.4 is 0 Å². The van der Waals surface area contributed by atoms with Gasteiger partial charge in [0.25, 0.3) is 0 Å². The topological polar surface area (TPSA) is 21.1 Å². The smallest absolute Gasteiger partial charge is 0.0486 e. The van der Waals surface area contributed by atoms with Gasteiger partial charge in [0.1, 0.15) is 0 Å². The molecule has 26 heavy (non-hydrogen) atoms. The Hall–Kier alpha value is -1.65. The standard InChI is InChI=1S/C22H24BrN3/c1-14-3-4-15(13-24-14)9-10-26-19-7-5-16(23)11-18(19)22-20-8-6-17(25(20)2)12-21(22)26/h3-5,7,11,13,17,20H,6,8-10,12H2,1-2H3. The second kappa shape index (κ2) is 6.21. The minimum Gasteiger partial charge on any atom is -0.344 e. The second-order valence-corrected chi connectivity index (χ2v) is 8.76. The highest BCUT2D eigenvalue weighted by Gasteiger charge is 2.40. The average Bonchev–Trinajstić information content (AvgIpc) is 3.04. The van der Waals surface area contributed by atoms with Gasteiger partial charge >= 0.3 is 0 Å². The van der Waals surface area contributed by atoms with Gasteiger partial charge in [0.05, 0.1) is 0 Å². The van der Waals surface area contributed by atoms with E-state index in [0.29, 0.717) is 12.1 Å². The maximum atomic E-state index is 4.46. The zero-order valence-corrected chi connectivity index (χ0v) is 17.0. The van der Waals surface area contributed by atoms with Crippen LogP contribution >= 0.6 is 15.9 Å². The van der Waals surface area contributed by atoms with E-state index in [1.165, 1.54) is 40.2 Å². The summed E-state index contributed by atoms with van der Waals surface area (Å²) < 4.78 is 3.77. The van der Waals surface area contributed by atoms with Crippen LogP contribution in [0.2, 0.25) is 0 Å². The van der Waals surface area contributed by atoms with Gasteiger partial charge < -0.3 is 4.57 Å². The Labute approximate surface area is 163 Å². The van der Waals surface area contributed by atoms with E-state index in [4.69, 9.17) is 0 Å². The summed E-state index contributed by atoms with van der Waals surface area (Å²) in [7, 11) is 2.31. The predicted octanol–water partition coefficient (Wildman–Crippen LogP) is 5.04. The molecule has 2 aromatic heterocycles. The monoisotopic (exact) mass is 409 g/mol. The Morgan fingerprint density at radius 2 is 2.08 bits per heavy atom. The van der Waals surface area contributed by atoms with Crippen molar-refractivity contribution in [1.82, 2.24) is 14.5 Å². The number of benzene rings is 1. The van der Waals surface area contributed by atoms with Crippen LogP contribution in [0.1, 0.15) is 41.4 Å². The molecule has 2 unspecified atom stereocenters. The van der Waals surface area contributed by atoms with Gasteiger partial charge in [0.15, 0.2) is 0 Å². The van der Waals surface area contributed by atoms with Gasteiger partial charge in [0, 0.05) is 58.0 Å². The van der Waals surface area contributed by atoms with Crippen molar-refractivity contribution < 1.29 is 0 Å². The lowest BCUT2D eigenvalue weighted by atomic mass is 9.97. The lowest BCUT2D eigenvalue weighted by Gasteiger charge is -2.32. The fraction of sp³-hybridized carbons (Fsp3) is 0.409. The van der Waals surface area contributed by atoms with Crippen molar-refractivity contribution in [1.29, 1.82) is 0 Å². The SMILES string of the molecule is Cc1ccc(CCn2c3c(c4cc(Br)ccc42)C2CCC(C3)N2C)cn1. The fourth-order valence-corrected chi connectivity index (χ4v) is 5.33. The molecule has 1 saturated heterocycles. The Balaban J connectivity index is 1.59. The first-order valence-corrected chi connectivity index (χ1v) is 10.3. The first kappa shape index (κ1) is 16.5. The van der Waals surface area contributed by atoms with E-state index in [1.807, 2.05) is 13.1 Å². The van der Waals surface area contributed by atoms with E-state index in [9.17, 15) is 0 Å². The normalized spacial score (nSPS) is 22.1. The number of halogens is 1. The van der Waals surface area contributed by atoms with Crippen LogP contribution in [0.3, 0.4) is 0 Å². The average molecular weight is 410 g/mol. The minimum atomic E-state index is 0.586. The van der Waals surface area contributed by atoms with Gasteiger partial charge in [-0.05, 0) is 68.6 Å². The number of likely N-dealkylation sites (N-methyl/N-ethyl adjacent to an activating group) is 1. The van der Waals surface area contributed by atoms with Gasteiger partial charge in [0.2, 0.25) is 0 Å². The van der Waals surface area contributed by atoms with Crippen LogP contribution in [0, 0.1) is 6.92 Å². The van der Waals surface area contributed by atoms with Crippen LogP contribution in [0.5, 0.6) is 0 Å².